The highest BCUT2D eigenvalue weighted by Crippen LogP contribution is 2.45. The van der Waals surface area contributed by atoms with Gasteiger partial charge in [0.05, 0.1) is 18.9 Å². The van der Waals surface area contributed by atoms with Gasteiger partial charge in [0.15, 0.2) is 8.32 Å². The van der Waals surface area contributed by atoms with Gasteiger partial charge in [0.2, 0.25) is 5.75 Å². The van der Waals surface area contributed by atoms with Crippen LogP contribution in [0.15, 0.2) is 15.8 Å². The van der Waals surface area contributed by atoms with Crippen LogP contribution in [0.5, 0.6) is 5.75 Å². The zero-order valence-corrected chi connectivity index (χ0v) is 20.9. The molecule has 10 nitrogen and oxygen atoms in total. The van der Waals surface area contributed by atoms with E-state index in [0.29, 0.717) is 16.7 Å². The molecular weight excluding hydrogens is 489 g/mol. The van der Waals surface area contributed by atoms with Gasteiger partial charge >= 0.3 is 21.3 Å². The third kappa shape index (κ3) is 5.70. The van der Waals surface area contributed by atoms with Gasteiger partial charge < -0.3 is 18.5 Å². The zero-order chi connectivity index (χ0) is 25.6. The van der Waals surface area contributed by atoms with Crippen LogP contribution in [0.2, 0.25) is 18.1 Å². The van der Waals surface area contributed by atoms with E-state index in [1.165, 1.54) is 0 Å². The first-order valence-electron chi connectivity index (χ1n) is 10.1. The van der Waals surface area contributed by atoms with Crippen LogP contribution < -0.4 is 15.4 Å². The Balaban J connectivity index is 2.23. The predicted molar refractivity (Wildman–Crippen MR) is 114 cm³/mol. The first-order valence-corrected chi connectivity index (χ1v) is 14.5. The van der Waals surface area contributed by atoms with E-state index in [0.717, 1.165) is 0 Å². The van der Waals surface area contributed by atoms with Crippen molar-refractivity contribution in [2.24, 2.45) is 5.92 Å². The molecule has 1 fully saturated rings. The third-order valence-electron chi connectivity index (χ3n) is 6.54. The topological polar surface area (TPSA) is 137 Å². The Kier molecular flexibility index (Phi) is 7.66. The fourth-order valence-electron chi connectivity index (χ4n) is 3.11. The Morgan fingerprint density at radius 2 is 1.88 bits per heavy atom. The van der Waals surface area contributed by atoms with Gasteiger partial charge in [0, 0.05) is 6.42 Å². The van der Waals surface area contributed by atoms with Crippen LogP contribution in [0.4, 0.5) is 13.2 Å². The highest BCUT2D eigenvalue weighted by molar-refractivity contribution is 7.88. The van der Waals surface area contributed by atoms with E-state index in [9.17, 15) is 36.3 Å². The Labute approximate surface area is 189 Å². The van der Waals surface area contributed by atoms with E-state index in [1.54, 1.807) is 4.98 Å². The molecule has 15 heteroatoms. The average molecular weight is 519 g/mol. The first-order chi connectivity index (χ1) is 14.8. The molecule has 3 atom stereocenters. The van der Waals surface area contributed by atoms with Crippen molar-refractivity contribution in [3.8, 4) is 5.75 Å². The van der Waals surface area contributed by atoms with E-state index in [4.69, 9.17) is 9.16 Å². The summed E-state index contributed by atoms with van der Waals surface area (Å²) in [6.45, 7) is 12.4. The zero-order valence-electron chi connectivity index (χ0n) is 19.1. The van der Waals surface area contributed by atoms with E-state index < -0.39 is 59.4 Å². The molecule has 0 saturated carbocycles. The summed E-state index contributed by atoms with van der Waals surface area (Å²) in [5.41, 5.74) is -8.32. The second kappa shape index (κ2) is 9.17. The maximum atomic E-state index is 12.6. The molecule has 1 saturated heterocycles. The number of nitrogens with one attached hydrogen (secondary N) is 1. The van der Waals surface area contributed by atoms with Crippen LogP contribution in [-0.2, 0) is 19.3 Å². The lowest BCUT2D eigenvalue weighted by Gasteiger charge is -2.43. The molecule has 2 heterocycles. The van der Waals surface area contributed by atoms with Crippen LogP contribution in [0.3, 0.4) is 0 Å². The maximum Gasteiger partial charge on any atom is 0.534 e. The number of H-pyrrole nitrogens is 1. The average Bonchev–Trinajstić information content (AvgIpc) is 3.01. The van der Waals surface area contributed by atoms with Crippen molar-refractivity contribution in [2.75, 3.05) is 6.61 Å². The van der Waals surface area contributed by atoms with Gasteiger partial charge in [-0.05, 0) is 24.1 Å². The van der Waals surface area contributed by atoms with E-state index in [2.05, 4.69) is 31.9 Å². The summed E-state index contributed by atoms with van der Waals surface area (Å²) in [6, 6.07) is 0. The molecule has 33 heavy (non-hydrogen) atoms. The van der Waals surface area contributed by atoms with Crippen LogP contribution in [0.1, 0.15) is 40.3 Å². The minimum Gasteiger partial charge on any atom is -0.414 e. The molecule has 2 rings (SSSR count). The molecule has 0 unspecified atom stereocenters. The SMILES string of the molecule is CC(C)C(C)(C)[Si](C)(C)OC[C@H]1O[C@@H](n2cc(OS(=O)(=O)C(F)(F)F)c(=O)[nH]c2=O)C[C@@H]1O. The van der Waals surface area contributed by atoms with Crippen LogP contribution >= 0.6 is 0 Å². The van der Waals surface area contributed by atoms with Crippen molar-refractivity contribution < 1.29 is 40.0 Å². The molecule has 0 amide bonds. The minimum absolute atomic E-state index is 0.0109. The first kappa shape index (κ1) is 27.6. The largest absolute Gasteiger partial charge is 0.534 e. The summed E-state index contributed by atoms with van der Waals surface area (Å²) in [4.78, 5) is 25.6. The lowest BCUT2D eigenvalue weighted by atomic mass is 9.99. The predicted octanol–water partition coefficient (Wildman–Crippen LogP) is 2.07. The highest BCUT2D eigenvalue weighted by Gasteiger charge is 2.49. The smallest absolute Gasteiger partial charge is 0.414 e. The van der Waals surface area contributed by atoms with Crippen LogP contribution in [0.25, 0.3) is 0 Å². The number of halogens is 3. The second-order valence-corrected chi connectivity index (χ2v) is 15.4. The number of aromatic amines is 1. The Morgan fingerprint density at radius 3 is 2.39 bits per heavy atom. The number of aliphatic hydroxyl groups excluding tert-OH is 1. The molecule has 2 N–H and O–H groups in total. The molecule has 190 valence electrons. The van der Waals surface area contributed by atoms with Crippen molar-refractivity contribution in [1.82, 2.24) is 9.55 Å². The summed E-state index contributed by atoms with van der Waals surface area (Å²) in [7, 11) is -8.40. The number of ether oxygens (including phenoxy) is 1. The molecule has 0 radical (unpaired) electrons. The molecular formula is C18H29F3N2O8SSi. The fourth-order valence-corrected chi connectivity index (χ4v) is 5.91. The van der Waals surface area contributed by atoms with Crippen molar-refractivity contribution in [2.45, 2.75) is 76.2 Å². The quantitative estimate of drug-likeness (QED) is 0.303. The van der Waals surface area contributed by atoms with E-state index >= 15 is 0 Å². The highest BCUT2D eigenvalue weighted by atomic mass is 32.2. The number of alkyl halides is 3. The Bertz CT molecular complexity index is 1080. The van der Waals surface area contributed by atoms with Crippen LogP contribution in [0, 0.1) is 5.92 Å². The number of rotatable bonds is 8. The number of nitrogens with zero attached hydrogens (tertiary/aromatic N) is 1. The number of aromatic nitrogens is 2. The van der Waals surface area contributed by atoms with Gasteiger partial charge in [0.25, 0.3) is 5.56 Å². The summed E-state index contributed by atoms with van der Waals surface area (Å²) in [6.07, 6.45) is -2.78. The number of aliphatic hydroxyl groups is 1. The molecule has 0 aliphatic carbocycles. The molecule has 1 aliphatic heterocycles. The van der Waals surface area contributed by atoms with Gasteiger partial charge in [0.1, 0.15) is 12.3 Å². The van der Waals surface area contributed by atoms with Crippen LogP contribution in [-0.4, -0.2) is 55.7 Å². The summed E-state index contributed by atoms with van der Waals surface area (Å²) >= 11 is 0. The third-order valence-corrected chi connectivity index (χ3v) is 12.1. The van der Waals surface area contributed by atoms with Crippen molar-refractivity contribution in [3.05, 3.63) is 27.0 Å². The van der Waals surface area contributed by atoms with Crippen molar-refractivity contribution in [1.29, 1.82) is 0 Å². The molecule has 0 bridgehead atoms. The molecule has 1 aromatic heterocycles. The molecule has 1 aromatic rings. The normalized spacial score (nSPS) is 22.7. The number of hydrogen-bond acceptors (Lipinski definition) is 8. The number of hydrogen-bond donors (Lipinski definition) is 2. The van der Waals surface area contributed by atoms with E-state index in [1.807, 2.05) is 13.1 Å². The van der Waals surface area contributed by atoms with Gasteiger partial charge in [-0.2, -0.15) is 21.6 Å². The van der Waals surface area contributed by atoms with Crippen molar-refractivity contribution in [3.63, 3.8) is 0 Å². The maximum absolute atomic E-state index is 12.6. The Morgan fingerprint density at radius 1 is 1.30 bits per heavy atom. The molecule has 0 aromatic carbocycles. The van der Waals surface area contributed by atoms with Crippen molar-refractivity contribution >= 4 is 18.4 Å². The second-order valence-electron chi connectivity index (χ2n) is 9.27. The summed E-state index contributed by atoms with van der Waals surface area (Å²) < 4.78 is 76.6. The fraction of sp³-hybridized carbons (Fsp3) is 0.778. The van der Waals surface area contributed by atoms with Gasteiger partial charge in [-0.1, -0.05) is 27.7 Å². The lowest BCUT2D eigenvalue weighted by molar-refractivity contribution is -0.0503. The summed E-state index contributed by atoms with van der Waals surface area (Å²) in [5.74, 6) is -0.940. The van der Waals surface area contributed by atoms with Gasteiger partial charge in [-0.3, -0.25) is 14.3 Å². The molecule has 0 spiro atoms. The van der Waals surface area contributed by atoms with Gasteiger partial charge in [-0.15, -0.1) is 0 Å². The summed E-state index contributed by atoms with van der Waals surface area (Å²) in [5, 5.41) is 10.3. The Hall–Kier alpha value is -1.68. The minimum atomic E-state index is -6.14. The standard InChI is InChI=1S/C18H29F3N2O8SSi/c1-10(2)17(3,4)33(5,6)29-9-13-11(24)7-14(30-13)23-8-12(15(25)22-16(23)26)31-32(27,28)18(19,20)21/h8,10-11,13-14,24H,7,9H2,1-6H3,(H,22,25,26)/t11-,13+,14+/m0/s1. The van der Waals surface area contributed by atoms with E-state index in [-0.39, 0.29) is 18.1 Å². The monoisotopic (exact) mass is 518 g/mol. The lowest BCUT2D eigenvalue weighted by Crippen LogP contribution is -2.47. The molecule has 1 aliphatic rings. The van der Waals surface area contributed by atoms with Gasteiger partial charge in [-0.25, -0.2) is 4.79 Å².